The Morgan fingerprint density at radius 3 is 2.68 bits per heavy atom. The van der Waals surface area contributed by atoms with Crippen molar-refractivity contribution in [3.63, 3.8) is 0 Å². The molecular formula is C15H20F3N5O5. The number of nitrogens with zero attached hydrogens (tertiary/aromatic N) is 4. The molecule has 10 nitrogen and oxygen atoms in total. The SMILES string of the molecule is CCC(O)[C@@H]1C[C@@H](O)[C@H](n2c(=O)n(CC(F)(F)F)c3c(OC)nc(N)nc32)O1. The van der Waals surface area contributed by atoms with Crippen LogP contribution in [0, 0.1) is 0 Å². The number of aliphatic hydroxyl groups is 2. The van der Waals surface area contributed by atoms with Gasteiger partial charge < -0.3 is 25.4 Å². The number of imidazole rings is 1. The second-order valence-electron chi connectivity index (χ2n) is 6.46. The quantitative estimate of drug-likeness (QED) is 0.638. The van der Waals surface area contributed by atoms with Crippen molar-refractivity contribution in [2.24, 2.45) is 0 Å². The van der Waals surface area contributed by atoms with Crippen LogP contribution in [0.3, 0.4) is 0 Å². The molecule has 2 aromatic heterocycles. The molecule has 1 aliphatic heterocycles. The number of nitrogens with two attached hydrogens (primary N) is 1. The van der Waals surface area contributed by atoms with E-state index in [0.717, 1.165) is 11.7 Å². The van der Waals surface area contributed by atoms with Gasteiger partial charge in [-0.15, -0.1) is 0 Å². The van der Waals surface area contributed by atoms with Crippen LogP contribution >= 0.6 is 0 Å². The molecule has 3 rings (SSSR count). The summed E-state index contributed by atoms with van der Waals surface area (Å²) >= 11 is 0. The maximum absolute atomic E-state index is 13.1. The Balaban J connectivity index is 2.22. The lowest BCUT2D eigenvalue weighted by Gasteiger charge is -2.18. The number of nitrogen functional groups attached to an aromatic ring is 1. The molecule has 3 heterocycles. The summed E-state index contributed by atoms with van der Waals surface area (Å²) in [6.45, 7) is 0.0801. The summed E-state index contributed by atoms with van der Waals surface area (Å²) in [5.41, 5.74) is 3.88. The highest BCUT2D eigenvalue weighted by molar-refractivity contribution is 5.78. The fraction of sp³-hybridized carbons (Fsp3) is 0.667. The van der Waals surface area contributed by atoms with Gasteiger partial charge in [0.15, 0.2) is 17.4 Å². The molecule has 0 radical (unpaired) electrons. The van der Waals surface area contributed by atoms with E-state index < -0.39 is 43.0 Å². The zero-order valence-corrected chi connectivity index (χ0v) is 15.0. The van der Waals surface area contributed by atoms with E-state index in [1.165, 1.54) is 0 Å². The lowest BCUT2D eigenvalue weighted by molar-refractivity contribution is -0.140. The van der Waals surface area contributed by atoms with Crippen LogP contribution in [0.15, 0.2) is 4.79 Å². The molecule has 1 fully saturated rings. The highest BCUT2D eigenvalue weighted by Gasteiger charge is 2.42. The molecule has 13 heteroatoms. The van der Waals surface area contributed by atoms with Crippen LogP contribution in [0.1, 0.15) is 26.0 Å². The number of halogens is 3. The second-order valence-corrected chi connectivity index (χ2v) is 6.46. The molecule has 0 aromatic carbocycles. The number of hydrogen-bond donors (Lipinski definition) is 3. The number of hydrogen-bond acceptors (Lipinski definition) is 8. The molecule has 2 aromatic rings. The van der Waals surface area contributed by atoms with E-state index in [4.69, 9.17) is 15.2 Å². The molecule has 0 aliphatic carbocycles. The van der Waals surface area contributed by atoms with Crippen LogP contribution in [0.25, 0.3) is 11.2 Å². The van der Waals surface area contributed by atoms with Crippen LogP contribution < -0.4 is 16.2 Å². The zero-order chi connectivity index (χ0) is 20.8. The first-order valence-corrected chi connectivity index (χ1v) is 8.48. The van der Waals surface area contributed by atoms with E-state index in [2.05, 4.69) is 9.97 Å². The summed E-state index contributed by atoms with van der Waals surface area (Å²) in [7, 11) is 1.16. The average Bonchev–Trinajstić information content (AvgIpc) is 3.10. The number of fused-ring (bicyclic) bond motifs is 1. The number of alkyl halides is 3. The summed E-state index contributed by atoms with van der Waals surface area (Å²) in [6.07, 6.45) is -8.70. The van der Waals surface area contributed by atoms with Crippen molar-refractivity contribution in [3.8, 4) is 5.88 Å². The molecule has 156 valence electrons. The molecular weight excluding hydrogens is 387 g/mol. The van der Waals surface area contributed by atoms with E-state index in [0.29, 0.717) is 11.0 Å². The molecule has 4 atom stereocenters. The van der Waals surface area contributed by atoms with E-state index >= 15 is 0 Å². The molecule has 0 saturated carbocycles. The van der Waals surface area contributed by atoms with Crippen molar-refractivity contribution in [1.82, 2.24) is 19.1 Å². The number of rotatable bonds is 5. The van der Waals surface area contributed by atoms with Crippen molar-refractivity contribution in [2.75, 3.05) is 12.8 Å². The molecule has 1 unspecified atom stereocenters. The zero-order valence-electron chi connectivity index (χ0n) is 15.0. The van der Waals surface area contributed by atoms with Gasteiger partial charge in [0, 0.05) is 6.42 Å². The minimum absolute atomic E-state index is 0.00421. The molecule has 0 bridgehead atoms. The first-order valence-electron chi connectivity index (χ1n) is 8.48. The number of anilines is 1. The Hall–Kier alpha value is -2.38. The van der Waals surface area contributed by atoms with Crippen molar-refractivity contribution in [3.05, 3.63) is 10.5 Å². The minimum Gasteiger partial charge on any atom is -0.479 e. The lowest BCUT2D eigenvalue weighted by atomic mass is 10.1. The van der Waals surface area contributed by atoms with Gasteiger partial charge in [-0.1, -0.05) is 6.92 Å². The van der Waals surface area contributed by atoms with Gasteiger partial charge in [0.25, 0.3) is 0 Å². The Kier molecular flexibility index (Phi) is 5.25. The van der Waals surface area contributed by atoms with Crippen LogP contribution in [-0.2, 0) is 11.3 Å². The topological polar surface area (TPSA) is 138 Å². The third-order valence-corrected chi connectivity index (χ3v) is 4.54. The number of aliphatic hydroxyl groups excluding tert-OH is 2. The van der Waals surface area contributed by atoms with Gasteiger partial charge >= 0.3 is 11.9 Å². The summed E-state index contributed by atoms with van der Waals surface area (Å²) in [4.78, 5) is 20.4. The first kappa shape index (κ1) is 20.4. The fourth-order valence-corrected chi connectivity index (χ4v) is 3.28. The molecule has 4 N–H and O–H groups in total. The summed E-state index contributed by atoms with van der Waals surface area (Å²) in [5.74, 6) is -0.653. The number of methoxy groups -OCH3 is 1. The van der Waals surface area contributed by atoms with Gasteiger partial charge in [-0.05, 0) is 6.42 Å². The largest absolute Gasteiger partial charge is 0.479 e. The van der Waals surface area contributed by atoms with Gasteiger partial charge in [0.1, 0.15) is 12.6 Å². The van der Waals surface area contributed by atoms with E-state index in [1.807, 2.05) is 0 Å². The summed E-state index contributed by atoms with van der Waals surface area (Å²) < 4.78 is 50.9. The third kappa shape index (κ3) is 3.52. The number of aromatic nitrogens is 4. The predicted octanol–water partition coefficient (Wildman–Crippen LogP) is 0.165. The molecule has 0 amide bonds. The Bertz CT molecular complexity index is 927. The third-order valence-electron chi connectivity index (χ3n) is 4.54. The van der Waals surface area contributed by atoms with E-state index in [-0.39, 0.29) is 29.4 Å². The van der Waals surface area contributed by atoms with Crippen molar-refractivity contribution in [1.29, 1.82) is 0 Å². The Morgan fingerprint density at radius 2 is 2.11 bits per heavy atom. The van der Waals surface area contributed by atoms with Crippen LogP contribution in [0.2, 0.25) is 0 Å². The predicted molar refractivity (Wildman–Crippen MR) is 89.6 cm³/mol. The summed E-state index contributed by atoms with van der Waals surface area (Å²) in [5, 5.41) is 20.3. The van der Waals surface area contributed by atoms with Gasteiger partial charge in [0.05, 0.1) is 19.3 Å². The van der Waals surface area contributed by atoms with E-state index in [1.54, 1.807) is 6.92 Å². The standard InChI is InChI=1S/C15H20F3N5O5/c1-3-6(24)8-4-7(25)12(28-8)23-10-9(11(27-2)21-13(19)20-10)22(14(23)26)5-15(16,17)18/h6-8,12,24-25H,3-5H2,1-2H3,(H2,19,20,21)/t6?,7-,8+,12-/m1/s1. The molecule has 0 spiro atoms. The van der Waals surface area contributed by atoms with Gasteiger partial charge in [-0.25, -0.2) is 9.36 Å². The minimum atomic E-state index is -4.72. The normalized spacial score (nSPS) is 24.0. The van der Waals surface area contributed by atoms with Gasteiger partial charge in [-0.2, -0.15) is 23.1 Å². The maximum Gasteiger partial charge on any atom is 0.406 e. The smallest absolute Gasteiger partial charge is 0.406 e. The van der Waals surface area contributed by atoms with Gasteiger partial charge in [0.2, 0.25) is 11.8 Å². The summed E-state index contributed by atoms with van der Waals surface area (Å²) in [6, 6.07) is 0. The van der Waals surface area contributed by atoms with Crippen LogP contribution in [0.5, 0.6) is 5.88 Å². The molecule has 1 saturated heterocycles. The van der Waals surface area contributed by atoms with Crippen molar-refractivity contribution < 1.29 is 32.9 Å². The highest BCUT2D eigenvalue weighted by Crippen LogP contribution is 2.34. The van der Waals surface area contributed by atoms with Crippen molar-refractivity contribution >= 4 is 17.1 Å². The highest BCUT2D eigenvalue weighted by atomic mass is 19.4. The average molecular weight is 407 g/mol. The Labute approximate surface area is 156 Å². The lowest BCUT2D eigenvalue weighted by Crippen LogP contribution is -2.34. The molecule has 1 aliphatic rings. The van der Waals surface area contributed by atoms with Crippen LogP contribution in [0.4, 0.5) is 19.1 Å². The first-order chi connectivity index (χ1) is 13.1. The van der Waals surface area contributed by atoms with E-state index in [9.17, 15) is 28.2 Å². The monoisotopic (exact) mass is 407 g/mol. The second kappa shape index (κ2) is 7.22. The fourth-order valence-electron chi connectivity index (χ4n) is 3.28. The van der Waals surface area contributed by atoms with Crippen LogP contribution in [-0.4, -0.2) is 60.9 Å². The van der Waals surface area contributed by atoms with Gasteiger partial charge in [-0.3, -0.25) is 4.57 Å². The maximum atomic E-state index is 13.1. The number of ether oxygens (including phenoxy) is 2. The van der Waals surface area contributed by atoms with Crippen molar-refractivity contribution in [2.45, 2.75) is 57.0 Å². The Morgan fingerprint density at radius 1 is 1.43 bits per heavy atom. The molecule has 28 heavy (non-hydrogen) atoms.